The second-order valence-corrected chi connectivity index (χ2v) is 4.36. The van der Waals surface area contributed by atoms with Crippen molar-refractivity contribution < 1.29 is 38.1 Å². The summed E-state index contributed by atoms with van der Waals surface area (Å²) in [4.78, 5) is 45.6. The fourth-order valence-corrected chi connectivity index (χ4v) is 1.59. The molecule has 0 aliphatic heterocycles. The maximum absolute atomic E-state index is 12.0. The molecule has 0 aliphatic rings. The number of carbonyl (C=O) groups is 4. The van der Waals surface area contributed by atoms with Crippen LogP contribution in [-0.4, -0.2) is 38.1 Å². The van der Waals surface area contributed by atoms with Crippen LogP contribution in [-0.2, 0) is 33.4 Å². The van der Waals surface area contributed by atoms with Crippen molar-refractivity contribution in [1.82, 2.24) is 0 Å². The molecule has 24 heavy (non-hydrogen) atoms. The zero-order chi connectivity index (χ0) is 18.1. The van der Waals surface area contributed by atoms with Gasteiger partial charge in [0.15, 0.2) is 0 Å². The number of hydrogen-bond acceptors (Lipinski definition) is 8. The third kappa shape index (κ3) is 5.91. The van der Waals surface area contributed by atoms with Crippen LogP contribution in [0.5, 0.6) is 5.75 Å². The van der Waals surface area contributed by atoms with Gasteiger partial charge in [0.25, 0.3) is 0 Å². The summed E-state index contributed by atoms with van der Waals surface area (Å²) in [6.07, 6.45) is 0.155. The van der Waals surface area contributed by atoms with Crippen LogP contribution in [0.4, 0.5) is 0 Å². The quantitative estimate of drug-likeness (QED) is 0.329. The van der Waals surface area contributed by atoms with Gasteiger partial charge in [-0.1, -0.05) is 12.1 Å². The lowest BCUT2D eigenvalue weighted by Crippen LogP contribution is -2.23. The molecule has 0 fully saturated rings. The lowest BCUT2D eigenvalue weighted by Gasteiger charge is -2.15. The second-order valence-electron chi connectivity index (χ2n) is 4.36. The monoisotopic (exact) mass is 336 g/mol. The van der Waals surface area contributed by atoms with E-state index < -0.39 is 30.0 Å². The van der Waals surface area contributed by atoms with Gasteiger partial charge in [-0.05, 0) is 12.1 Å². The summed E-state index contributed by atoms with van der Waals surface area (Å²) in [7, 11) is 2.61. The minimum Gasteiger partial charge on any atom is -0.497 e. The molecule has 0 aliphatic carbocycles. The molecule has 0 saturated carbocycles. The standard InChI is InChI=1S/C16H16O8/c1-10(17)23-16(20)15(11-4-6-12(21-2)7-5-11)24-14(19)9-8-13(18)22-3/h4-9,15H,1-3H3/b9-8-. The van der Waals surface area contributed by atoms with Crippen LogP contribution < -0.4 is 4.74 Å². The molecule has 0 radical (unpaired) electrons. The summed E-state index contributed by atoms with van der Waals surface area (Å²) in [6, 6.07) is 6.04. The summed E-state index contributed by atoms with van der Waals surface area (Å²) < 4.78 is 18.8. The summed E-state index contributed by atoms with van der Waals surface area (Å²) in [5.74, 6) is -3.14. The zero-order valence-electron chi connectivity index (χ0n) is 13.3. The van der Waals surface area contributed by atoms with Crippen molar-refractivity contribution in [3.05, 3.63) is 42.0 Å². The highest BCUT2D eigenvalue weighted by molar-refractivity contribution is 5.94. The van der Waals surface area contributed by atoms with E-state index in [4.69, 9.17) is 9.47 Å². The molecule has 8 nitrogen and oxygen atoms in total. The van der Waals surface area contributed by atoms with Crippen molar-refractivity contribution in [3.63, 3.8) is 0 Å². The van der Waals surface area contributed by atoms with Gasteiger partial charge < -0.3 is 18.9 Å². The van der Waals surface area contributed by atoms with Crippen LogP contribution in [0.15, 0.2) is 36.4 Å². The smallest absolute Gasteiger partial charge is 0.359 e. The van der Waals surface area contributed by atoms with Crippen molar-refractivity contribution in [2.24, 2.45) is 0 Å². The van der Waals surface area contributed by atoms with Crippen molar-refractivity contribution >= 4 is 23.9 Å². The van der Waals surface area contributed by atoms with E-state index in [2.05, 4.69) is 9.47 Å². The molecular formula is C16H16O8. The van der Waals surface area contributed by atoms with Gasteiger partial charge in [-0.3, -0.25) is 4.79 Å². The van der Waals surface area contributed by atoms with E-state index in [1.54, 1.807) is 12.1 Å². The molecule has 8 heteroatoms. The van der Waals surface area contributed by atoms with E-state index in [0.717, 1.165) is 26.2 Å². The number of hydrogen-bond donors (Lipinski definition) is 0. The molecule has 1 rings (SSSR count). The van der Waals surface area contributed by atoms with E-state index in [-0.39, 0.29) is 5.56 Å². The maximum Gasteiger partial charge on any atom is 0.359 e. The average Bonchev–Trinajstić information content (AvgIpc) is 2.56. The Bertz CT molecular complexity index is 645. The van der Waals surface area contributed by atoms with E-state index in [9.17, 15) is 19.2 Å². The number of esters is 4. The van der Waals surface area contributed by atoms with E-state index in [1.807, 2.05) is 0 Å². The topological polar surface area (TPSA) is 105 Å². The molecule has 0 bridgehead atoms. The Hall–Kier alpha value is -3.16. The van der Waals surface area contributed by atoms with Gasteiger partial charge in [0.2, 0.25) is 6.10 Å². The van der Waals surface area contributed by atoms with Crippen LogP contribution in [0.3, 0.4) is 0 Å². The molecule has 0 spiro atoms. The molecule has 0 aromatic heterocycles. The first-order valence-corrected chi connectivity index (χ1v) is 6.70. The molecule has 0 N–H and O–H groups in total. The predicted molar refractivity (Wildman–Crippen MR) is 79.8 cm³/mol. The predicted octanol–water partition coefficient (Wildman–Crippen LogP) is 1.10. The van der Waals surface area contributed by atoms with Gasteiger partial charge in [-0.25, -0.2) is 14.4 Å². The van der Waals surface area contributed by atoms with Gasteiger partial charge in [0, 0.05) is 24.6 Å². The highest BCUT2D eigenvalue weighted by Gasteiger charge is 2.27. The summed E-state index contributed by atoms with van der Waals surface area (Å²) in [5, 5.41) is 0. The molecular weight excluding hydrogens is 320 g/mol. The molecule has 1 unspecified atom stereocenters. The van der Waals surface area contributed by atoms with Crippen molar-refractivity contribution in [3.8, 4) is 5.75 Å². The first kappa shape index (κ1) is 18.9. The van der Waals surface area contributed by atoms with Crippen LogP contribution in [0, 0.1) is 0 Å². The number of methoxy groups -OCH3 is 2. The number of rotatable bonds is 6. The lowest BCUT2D eigenvalue weighted by molar-refractivity contribution is -0.171. The Morgan fingerprint density at radius 2 is 1.54 bits per heavy atom. The summed E-state index contributed by atoms with van der Waals surface area (Å²) in [5.41, 5.74) is 0.266. The van der Waals surface area contributed by atoms with Crippen molar-refractivity contribution in [2.75, 3.05) is 14.2 Å². The first-order chi connectivity index (χ1) is 11.4. The SMILES string of the molecule is COC(=O)/C=C\C(=O)OC(C(=O)OC(C)=O)c1ccc(OC)cc1. The highest BCUT2D eigenvalue weighted by Crippen LogP contribution is 2.22. The fourth-order valence-electron chi connectivity index (χ4n) is 1.59. The Kier molecular flexibility index (Phi) is 7.15. The molecule has 0 saturated heterocycles. The minimum absolute atomic E-state index is 0.266. The molecule has 1 aromatic carbocycles. The normalized spacial score (nSPS) is 11.5. The van der Waals surface area contributed by atoms with E-state index >= 15 is 0 Å². The largest absolute Gasteiger partial charge is 0.497 e. The van der Waals surface area contributed by atoms with Gasteiger partial charge in [-0.2, -0.15) is 0 Å². The minimum atomic E-state index is -1.48. The van der Waals surface area contributed by atoms with Gasteiger partial charge in [-0.15, -0.1) is 0 Å². The third-order valence-electron chi connectivity index (χ3n) is 2.67. The highest BCUT2D eigenvalue weighted by atomic mass is 16.6. The van der Waals surface area contributed by atoms with Crippen LogP contribution >= 0.6 is 0 Å². The molecule has 0 amide bonds. The number of ether oxygens (including phenoxy) is 4. The average molecular weight is 336 g/mol. The van der Waals surface area contributed by atoms with Gasteiger partial charge in [0.1, 0.15) is 5.75 Å². The summed E-state index contributed by atoms with van der Waals surface area (Å²) in [6.45, 7) is 1.04. The first-order valence-electron chi connectivity index (χ1n) is 6.70. The Labute approximate surface area is 137 Å². The lowest BCUT2D eigenvalue weighted by atomic mass is 10.1. The third-order valence-corrected chi connectivity index (χ3v) is 2.67. The van der Waals surface area contributed by atoms with Crippen molar-refractivity contribution in [2.45, 2.75) is 13.0 Å². The Morgan fingerprint density at radius 3 is 2.04 bits per heavy atom. The van der Waals surface area contributed by atoms with Gasteiger partial charge >= 0.3 is 23.9 Å². The van der Waals surface area contributed by atoms with E-state index in [0.29, 0.717) is 5.75 Å². The molecule has 128 valence electrons. The van der Waals surface area contributed by atoms with Crippen LogP contribution in [0.1, 0.15) is 18.6 Å². The Morgan fingerprint density at radius 1 is 0.958 bits per heavy atom. The number of carbonyl (C=O) groups excluding carboxylic acids is 4. The second kappa shape index (κ2) is 9.09. The van der Waals surface area contributed by atoms with Crippen LogP contribution in [0.2, 0.25) is 0 Å². The maximum atomic E-state index is 12.0. The van der Waals surface area contributed by atoms with Crippen molar-refractivity contribution in [1.29, 1.82) is 0 Å². The molecule has 1 aromatic rings. The zero-order valence-corrected chi connectivity index (χ0v) is 13.3. The Balaban J connectivity index is 2.98. The molecule has 1 atom stereocenters. The van der Waals surface area contributed by atoms with Gasteiger partial charge in [0.05, 0.1) is 14.2 Å². The van der Waals surface area contributed by atoms with E-state index in [1.165, 1.54) is 19.2 Å². The summed E-state index contributed by atoms with van der Waals surface area (Å²) >= 11 is 0. The fraction of sp³-hybridized carbons (Fsp3) is 0.250. The number of benzene rings is 1. The van der Waals surface area contributed by atoms with Crippen LogP contribution in [0.25, 0.3) is 0 Å². The molecule has 0 heterocycles.